The van der Waals surface area contributed by atoms with Gasteiger partial charge in [-0.25, -0.2) is 13.2 Å². The number of rotatable bonds is 3. The molecule has 0 radical (unpaired) electrons. The van der Waals surface area contributed by atoms with Crippen LogP contribution >= 0.6 is 0 Å². The first kappa shape index (κ1) is 12.0. The summed E-state index contributed by atoms with van der Waals surface area (Å²) in [5.41, 5.74) is 4.11. The predicted octanol–water partition coefficient (Wildman–Crippen LogP) is 1.36. The van der Waals surface area contributed by atoms with Crippen molar-refractivity contribution in [1.29, 1.82) is 0 Å². The molecule has 1 aromatic carbocycles. The summed E-state index contributed by atoms with van der Waals surface area (Å²) in [6.07, 6.45) is -0.193. The first-order chi connectivity index (χ1) is 6.85. The largest absolute Gasteiger partial charge is 0.394 e. The van der Waals surface area contributed by atoms with E-state index in [-0.39, 0.29) is 12.0 Å². The van der Waals surface area contributed by atoms with Crippen molar-refractivity contribution >= 4 is 0 Å². The number of nitrogens with two attached hydrogens (primary N) is 1. The van der Waals surface area contributed by atoms with Crippen LogP contribution in [0.2, 0.25) is 0 Å². The molecule has 0 bridgehead atoms. The molecule has 1 unspecified atom stereocenters. The monoisotopic (exact) mass is 219 g/mol. The molecule has 0 fully saturated rings. The average Bonchev–Trinajstić information content (AvgIpc) is 2.11. The second kappa shape index (κ2) is 4.20. The molecule has 15 heavy (non-hydrogen) atoms. The molecule has 0 saturated carbocycles. The van der Waals surface area contributed by atoms with Gasteiger partial charge in [0.1, 0.15) is 17.5 Å². The Labute approximate surface area is 85.5 Å². The summed E-state index contributed by atoms with van der Waals surface area (Å²) >= 11 is 0. The van der Waals surface area contributed by atoms with Gasteiger partial charge in [-0.15, -0.1) is 0 Å². The highest BCUT2D eigenvalue weighted by Gasteiger charge is 2.22. The van der Waals surface area contributed by atoms with Gasteiger partial charge >= 0.3 is 0 Å². The van der Waals surface area contributed by atoms with Crippen LogP contribution in [0.3, 0.4) is 0 Å². The minimum atomic E-state index is -1.13. The van der Waals surface area contributed by atoms with E-state index in [0.29, 0.717) is 12.1 Å². The fourth-order valence-electron chi connectivity index (χ4n) is 1.20. The number of benzene rings is 1. The van der Waals surface area contributed by atoms with Crippen LogP contribution in [-0.2, 0) is 6.42 Å². The zero-order chi connectivity index (χ0) is 11.6. The molecular weight excluding hydrogens is 207 g/mol. The third kappa shape index (κ3) is 2.94. The van der Waals surface area contributed by atoms with E-state index < -0.39 is 29.6 Å². The molecule has 0 saturated heterocycles. The van der Waals surface area contributed by atoms with Gasteiger partial charge in [-0.2, -0.15) is 0 Å². The lowest BCUT2D eigenvalue weighted by Crippen LogP contribution is -2.42. The van der Waals surface area contributed by atoms with E-state index in [9.17, 15) is 13.2 Å². The quantitative estimate of drug-likeness (QED) is 0.806. The van der Waals surface area contributed by atoms with Gasteiger partial charge < -0.3 is 10.8 Å². The summed E-state index contributed by atoms with van der Waals surface area (Å²) < 4.78 is 38.9. The van der Waals surface area contributed by atoms with Crippen LogP contribution in [0.5, 0.6) is 0 Å². The Bertz CT molecular complexity index is 343. The lowest BCUT2D eigenvalue weighted by atomic mass is 9.94. The van der Waals surface area contributed by atoms with Crippen molar-refractivity contribution in [1.82, 2.24) is 0 Å². The van der Waals surface area contributed by atoms with E-state index in [4.69, 9.17) is 10.8 Å². The van der Waals surface area contributed by atoms with Crippen LogP contribution in [0.1, 0.15) is 12.5 Å². The van der Waals surface area contributed by atoms with Crippen molar-refractivity contribution in [2.45, 2.75) is 18.9 Å². The molecule has 0 aromatic heterocycles. The standard InChI is InChI=1S/C10H12F3NO/c1-10(14,5-15)4-7-8(12)2-6(11)3-9(7)13/h2-3,15H,4-5,14H2,1H3. The molecule has 1 aromatic rings. The Morgan fingerprint density at radius 2 is 1.73 bits per heavy atom. The minimum absolute atomic E-state index is 0.193. The molecule has 1 atom stereocenters. The van der Waals surface area contributed by atoms with Gasteiger partial charge in [-0.3, -0.25) is 0 Å². The van der Waals surface area contributed by atoms with E-state index in [2.05, 4.69) is 0 Å². The Morgan fingerprint density at radius 1 is 1.27 bits per heavy atom. The fraction of sp³-hybridized carbons (Fsp3) is 0.400. The zero-order valence-corrected chi connectivity index (χ0v) is 8.23. The molecule has 5 heteroatoms. The van der Waals surface area contributed by atoms with E-state index in [1.165, 1.54) is 6.92 Å². The van der Waals surface area contributed by atoms with E-state index in [1.807, 2.05) is 0 Å². The van der Waals surface area contributed by atoms with Gasteiger partial charge in [0.25, 0.3) is 0 Å². The van der Waals surface area contributed by atoms with Crippen LogP contribution in [0.25, 0.3) is 0 Å². The highest BCUT2D eigenvalue weighted by Crippen LogP contribution is 2.19. The van der Waals surface area contributed by atoms with Gasteiger partial charge in [0.05, 0.1) is 6.61 Å². The maximum absolute atomic E-state index is 13.2. The maximum Gasteiger partial charge on any atom is 0.132 e. The Balaban J connectivity index is 3.05. The average molecular weight is 219 g/mol. The lowest BCUT2D eigenvalue weighted by molar-refractivity contribution is 0.206. The van der Waals surface area contributed by atoms with Gasteiger partial charge in [0, 0.05) is 23.2 Å². The van der Waals surface area contributed by atoms with Crippen LogP contribution in [0.4, 0.5) is 13.2 Å². The summed E-state index contributed by atoms with van der Waals surface area (Å²) in [6, 6.07) is 1.18. The molecule has 0 amide bonds. The first-order valence-electron chi connectivity index (χ1n) is 4.39. The number of aliphatic hydroxyl groups is 1. The molecule has 0 spiro atoms. The topological polar surface area (TPSA) is 46.2 Å². The Hall–Kier alpha value is -1.07. The van der Waals surface area contributed by atoms with Crippen LogP contribution in [0.15, 0.2) is 12.1 Å². The van der Waals surface area contributed by atoms with Gasteiger partial charge in [-0.05, 0) is 13.3 Å². The summed E-state index contributed by atoms with van der Waals surface area (Å²) in [5, 5.41) is 8.85. The predicted molar refractivity (Wildman–Crippen MR) is 49.7 cm³/mol. The van der Waals surface area contributed by atoms with E-state index >= 15 is 0 Å². The van der Waals surface area contributed by atoms with Crippen molar-refractivity contribution in [2.75, 3.05) is 6.61 Å². The SMILES string of the molecule is CC(N)(CO)Cc1c(F)cc(F)cc1F. The first-order valence-corrected chi connectivity index (χ1v) is 4.39. The van der Waals surface area contributed by atoms with Crippen LogP contribution in [0, 0.1) is 17.5 Å². The third-order valence-electron chi connectivity index (χ3n) is 2.05. The second-order valence-electron chi connectivity index (χ2n) is 3.84. The molecule has 3 N–H and O–H groups in total. The lowest BCUT2D eigenvalue weighted by Gasteiger charge is -2.22. The molecule has 84 valence electrons. The molecule has 0 heterocycles. The van der Waals surface area contributed by atoms with Gasteiger partial charge in [0.15, 0.2) is 0 Å². The summed E-state index contributed by atoms with van der Waals surface area (Å²) in [7, 11) is 0. The highest BCUT2D eigenvalue weighted by molar-refractivity contribution is 5.22. The fourth-order valence-corrected chi connectivity index (χ4v) is 1.20. The van der Waals surface area contributed by atoms with Crippen LogP contribution in [-0.4, -0.2) is 17.3 Å². The van der Waals surface area contributed by atoms with Gasteiger partial charge in [-0.1, -0.05) is 0 Å². The molecule has 0 aliphatic heterocycles. The smallest absolute Gasteiger partial charge is 0.132 e. The molecule has 0 aliphatic rings. The van der Waals surface area contributed by atoms with E-state index in [0.717, 1.165) is 0 Å². The summed E-state index contributed by atoms with van der Waals surface area (Å²) in [6.45, 7) is 1.04. The number of hydrogen-bond donors (Lipinski definition) is 2. The third-order valence-corrected chi connectivity index (χ3v) is 2.05. The van der Waals surface area contributed by atoms with Crippen molar-refractivity contribution in [3.8, 4) is 0 Å². The second-order valence-corrected chi connectivity index (χ2v) is 3.84. The number of halogens is 3. The van der Waals surface area contributed by atoms with E-state index in [1.54, 1.807) is 0 Å². The van der Waals surface area contributed by atoms with Crippen molar-refractivity contribution in [3.63, 3.8) is 0 Å². The summed E-state index contributed by atoms with van der Waals surface area (Å²) in [4.78, 5) is 0. The Kier molecular flexibility index (Phi) is 3.36. The highest BCUT2D eigenvalue weighted by atomic mass is 19.1. The molecular formula is C10H12F3NO. The number of hydrogen-bond acceptors (Lipinski definition) is 2. The zero-order valence-electron chi connectivity index (χ0n) is 8.23. The normalized spacial score (nSPS) is 15.1. The maximum atomic E-state index is 13.2. The molecule has 2 nitrogen and oxygen atoms in total. The molecule has 1 rings (SSSR count). The number of aliphatic hydroxyl groups excluding tert-OH is 1. The molecule has 0 aliphatic carbocycles. The van der Waals surface area contributed by atoms with Crippen molar-refractivity contribution in [3.05, 3.63) is 35.1 Å². The van der Waals surface area contributed by atoms with Crippen molar-refractivity contribution in [2.24, 2.45) is 5.73 Å². The van der Waals surface area contributed by atoms with Crippen molar-refractivity contribution < 1.29 is 18.3 Å². The Morgan fingerprint density at radius 3 is 2.13 bits per heavy atom. The minimum Gasteiger partial charge on any atom is -0.394 e. The summed E-state index contributed by atoms with van der Waals surface area (Å²) in [5.74, 6) is -2.95. The van der Waals surface area contributed by atoms with Crippen LogP contribution < -0.4 is 5.73 Å². The van der Waals surface area contributed by atoms with Gasteiger partial charge in [0.2, 0.25) is 0 Å².